The maximum atomic E-state index is 4.08. The first-order valence-corrected chi connectivity index (χ1v) is 15.0. The third-order valence-corrected chi connectivity index (χ3v) is 8.02. The van der Waals surface area contributed by atoms with Gasteiger partial charge in [-0.15, -0.1) is 0 Å². The van der Waals surface area contributed by atoms with Gasteiger partial charge in [-0.3, -0.25) is 0 Å². The fourth-order valence-electron chi connectivity index (χ4n) is 6.33. The van der Waals surface area contributed by atoms with Crippen LogP contribution in [-0.4, -0.2) is 0 Å². The van der Waals surface area contributed by atoms with Crippen LogP contribution in [0.4, 0.5) is 0 Å². The molecule has 0 aliphatic heterocycles. The van der Waals surface area contributed by atoms with Crippen molar-refractivity contribution in [1.29, 1.82) is 0 Å². The zero-order chi connectivity index (χ0) is 28.5. The normalized spacial score (nSPS) is 11.0. The highest BCUT2D eigenvalue weighted by molar-refractivity contribution is 6.24. The van der Waals surface area contributed by atoms with Crippen LogP contribution in [0, 0.1) is 0 Å². The minimum absolute atomic E-state index is 0. The van der Waals surface area contributed by atoms with Crippen LogP contribution in [-0.2, 0) is 12.8 Å². The standard InChI is InChI=1S/C20H16.C18H14.C3H8.CH4/c1-13(2)11-17-12-16-7-3-5-14-9-10-15-6-4-8-18(17)20(15)19(14)16;1-2-12-10-15-8-6-13-4-3-5-14-7-9-16(11-12)18(15)17(13)14;1-3-2;/h3-10,12H,1,11H2,2H3;3-11H,2H2,1H3;3H2,1-2H3;1H4. The van der Waals surface area contributed by atoms with Gasteiger partial charge in [0.1, 0.15) is 0 Å². The second-order valence-electron chi connectivity index (χ2n) is 11.4. The molecule has 0 nitrogen and oxygen atoms in total. The van der Waals surface area contributed by atoms with Crippen molar-refractivity contribution in [2.75, 3.05) is 0 Å². The van der Waals surface area contributed by atoms with E-state index in [0.717, 1.165) is 12.8 Å². The van der Waals surface area contributed by atoms with Gasteiger partial charge in [0.25, 0.3) is 0 Å². The van der Waals surface area contributed by atoms with E-state index in [-0.39, 0.29) is 7.43 Å². The number of rotatable bonds is 3. The topological polar surface area (TPSA) is 0 Å². The molecule has 0 unspecified atom stereocenters. The molecule has 8 rings (SSSR count). The molecule has 0 atom stereocenters. The van der Waals surface area contributed by atoms with Gasteiger partial charge in [-0.25, -0.2) is 0 Å². The van der Waals surface area contributed by atoms with E-state index in [0.29, 0.717) is 0 Å². The quantitative estimate of drug-likeness (QED) is 0.153. The van der Waals surface area contributed by atoms with E-state index < -0.39 is 0 Å². The Morgan fingerprint density at radius 1 is 0.524 bits per heavy atom. The maximum Gasteiger partial charge on any atom is -0.00239 e. The molecule has 0 heteroatoms. The minimum atomic E-state index is 0. The second-order valence-corrected chi connectivity index (χ2v) is 11.4. The maximum absolute atomic E-state index is 4.08. The van der Waals surface area contributed by atoms with Crippen LogP contribution < -0.4 is 0 Å². The monoisotopic (exact) mass is 546 g/mol. The number of allylic oxidation sites excluding steroid dienone is 1. The summed E-state index contributed by atoms with van der Waals surface area (Å²) in [7, 11) is 0. The average Bonchev–Trinajstić information content (AvgIpc) is 2.99. The van der Waals surface area contributed by atoms with Gasteiger partial charge < -0.3 is 0 Å². The Morgan fingerprint density at radius 2 is 0.905 bits per heavy atom. The molecule has 210 valence electrons. The van der Waals surface area contributed by atoms with Crippen molar-refractivity contribution in [2.45, 2.75) is 54.4 Å². The van der Waals surface area contributed by atoms with Crippen LogP contribution in [0.3, 0.4) is 0 Å². The summed E-state index contributed by atoms with van der Waals surface area (Å²) in [5.41, 5.74) is 4.01. The van der Waals surface area contributed by atoms with Gasteiger partial charge in [0.15, 0.2) is 0 Å². The summed E-state index contributed by atoms with van der Waals surface area (Å²) < 4.78 is 0. The predicted octanol–water partition coefficient (Wildman–Crippen LogP) is 12.9. The highest BCUT2D eigenvalue weighted by atomic mass is 14.1. The lowest BCUT2D eigenvalue weighted by molar-refractivity contribution is 1.09. The Hall–Kier alpha value is -4.42. The Balaban J connectivity index is 0.000000151. The van der Waals surface area contributed by atoms with Crippen LogP contribution in [0.5, 0.6) is 0 Å². The smallest absolute Gasteiger partial charge is 0.00239 e. The van der Waals surface area contributed by atoms with E-state index in [4.69, 9.17) is 0 Å². The van der Waals surface area contributed by atoms with E-state index >= 15 is 0 Å². The molecule has 0 bridgehead atoms. The average molecular weight is 547 g/mol. The van der Waals surface area contributed by atoms with E-state index in [2.05, 4.69) is 143 Å². The molecular weight excluding hydrogens is 504 g/mol. The highest BCUT2D eigenvalue weighted by Crippen LogP contribution is 2.37. The van der Waals surface area contributed by atoms with Crippen molar-refractivity contribution < 1.29 is 0 Å². The van der Waals surface area contributed by atoms with Gasteiger partial charge >= 0.3 is 0 Å². The summed E-state index contributed by atoms with van der Waals surface area (Å²) in [6.07, 6.45) is 3.29. The van der Waals surface area contributed by atoms with Crippen LogP contribution in [0.15, 0.2) is 121 Å². The molecule has 0 fully saturated rings. The van der Waals surface area contributed by atoms with Crippen LogP contribution in [0.2, 0.25) is 0 Å². The summed E-state index contributed by atoms with van der Waals surface area (Å²) >= 11 is 0. The molecule has 0 aliphatic rings. The summed E-state index contributed by atoms with van der Waals surface area (Å²) in [6, 6.07) is 40.1. The van der Waals surface area contributed by atoms with Crippen molar-refractivity contribution in [3.8, 4) is 0 Å². The van der Waals surface area contributed by atoms with Crippen molar-refractivity contribution in [1.82, 2.24) is 0 Å². The summed E-state index contributed by atoms with van der Waals surface area (Å²) in [4.78, 5) is 0. The Kier molecular flexibility index (Phi) is 8.46. The van der Waals surface area contributed by atoms with E-state index in [1.54, 1.807) is 0 Å². The molecule has 0 radical (unpaired) electrons. The van der Waals surface area contributed by atoms with Crippen LogP contribution in [0.25, 0.3) is 64.6 Å². The molecule has 0 aliphatic carbocycles. The van der Waals surface area contributed by atoms with Crippen LogP contribution >= 0.6 is 0 Å². The molecule has 0 amide bonds. The largest absolute Gasteiger partial charge is 0.0998 e. The fraction of sp³-hybridized carbons (Fsp3) is 0.190. The zero-order valence-corrected chi connectivity index (χ0v) is 24.7. The van der Waals surface area contributed by atoms with Gasteiger partial charge in [0, 0.05) is 0 Å². The minimum Gasteiger partial charge on any atom is -0.0998 e. The van der Waals surface area contributed by atoms with E-state index in [1.165, 1.54) is 87.8 Å². The fourth-order valence-corrected chi connectivity index (χ4v) is 6.33. The molecule has 0 aromatic heterocycles. The SMILES string of the molecule is C.C=C(C)Cc1cc2cccc3ccc4cccc1c4c32.CCC.CCc1cc2ccc3cccc4ccc(c1)c2c34. The van der Waals surface area contributed by atoms with Gasteiger partial charge in [-0.05, 0) is 95.5 Å². The predicted molar refractivity (Wildman–Crippen MR) is 191 cm³/mol. The summed E-state index contributed by atoms with van der Waals surface area (Å²) in [6.45, 7) is 12.6. The number of hydrogen-bond acceptors (Lipinski definition) is 0. The lowest BCUT2D eigenvalue weighted by Gasteiger charge is -2.14. The summed E-state index contributed by atoms with van der Waals surface area (Å²) in [5, 5.41) is 16.4. The lowest BCUT2D eigenvalue weighted by atomic mass is 9.90. The highest BCUT2D eigenvalue weighted by Gasteiger charge is 2.11. The third-order valence-electron chi connectivity index (χ3n) is 8.02. The first-order chi connectivity index (χ1) is 20.0. The molecule has 0 heterocycles. The number of benzene rings is 8. The van der Waals surface area contributed by atoms with Gasteiger partial charge in [0.2, 0.25) is 0 Å². The number of hydrogen-bond donors (Lipinski definition) is 0. The Labute approximate surface area is 251 Å². The molecule has 0 spiro atoms. The Bertz CT molecular complexity index is 2060. The molecule has 0 saturated heterocycles. The van der Waals surface area contributed by atoms with Crippen molar-refractivity contribution in [3.05, 3.63) is 132 Å². The Morgan fingerprint density at radius 3 is 1.40 bits per heavy atom. The lowest BCUT2D eigenvalue weighted by Crippen LogP contribution is -1.91. The molecule has 8 aromatic rings. The molecule has 42 heavy (non-hydrogen) atoms. The molecule has 8 aromatic carbocycles. The molecule has 0 saturated carbocycles. The van der Waals surface area contributed by atoms with Gasteiger partial charge in [-0.2, -0.15) is 0 Å². The van der Waals surface area contributed by atoms with Crippen molar-refractivity contribution in [3.63, 3.8) is 0 Å². The zero-order valence-electron chi connectivity index (χ0n) is 24.7. The van der Waals surface area contributed by atoms with E-state index in [1.807, 2.05) is 0 Å². The van der Waals surface area contributed by atoms with Crippen molar-refractivity contribution >= 4 is 64.6 Å². The summed E-state index contributed by atoms with van der Waals surface area (Å²) in [5.74, 6) is 0. The van der Waals surface area contributed by atoms with E-state index in [9.17, 15) is 0 Å². The second kappa shape index (κ2) is 12.2. The third kappa shape index (κ3) is 5.19. The van der Waals surface area contributed by atoms with Crippen LogP contribution in [0.1, 0.15) is 52.7 Å². The van der Waals surface area contributed by atoms with Gasteiger partial charge in [0.05, 0.1) is 0 Å². The molecule has 0 N–H and O–H groups in total. The first kappa shape index (κ1) is 29.1. The van der Waals surface area contributed by atoms with Gasteiger partial charge in [-0.1, -0.05) is 156 Å². The number of aryl methyl sites for hydroxylation is 1. The first-order valence-electron chi connectivity index (χ1n) is 15.0. The molecular formula is C42H42. The van der Waals surface area contributed by atoms with Crippen molar-refractivity contribution in [2.24, 2.45) is 0 Å².